The minimum Gasteiger partial charge on any atom is -0.545 e. The van der Waals surface area contributed by atoms with Gasteiger partial charge in [0, 0.05) is 35.1 Å². The molecule has 10 heteroatoms. The van der Waals surface area contributed by atoms with Crippen LogP contribution < -0.4 is 21.1 Å². The quantitative estimate of drug-likeness (QED) is 0.375. The lowest BCUT2D eigenvalue weighted by atomic mass is 10.1. The Balaban J connectivity index is 1.73. The summed E-state index contributed by atoms with van der Waals surface area (Å²) in [6, 6.07) is 12.1. The molecule has 2 rings (SSSR count). The second kappa shape index (κ2) is 11.6. The molecular weight excluding hydrogens is 404 g/mol. The Morgan fingerprint density at radius 2 is 1.10 bits per heavy atom. The minimum absolute atomic E-state index is 0.00409. The van der Waals surface area contributed by atoms with E-state index in [1.807, 2.05) is 0 Å². The van der Waals surface area contributed by atoms with Crippen molar-refractivity contribution >= 4 is 36.2 Å². The number of benzene rings is 2. The molecule has 0 unspecified atom stereocenters. The number of aromatic carboxylic acids is 2. The van der Waals surface area contributed by atoms with E-state index in [9.17, 15) is 29.4 Å². The van der Waals surface area contributed by atoms with Gasteiger partial charge in [-0.15, -0.1) is 0 Å². The van der Waals surface area contributed by atoms with Crippen molar-refractivity contribution in [3.8, 4) is 0 Å². The van der Waals surface area contributed by atoms with Gasteiger partial charge in [0.2, 0.25) is 11.8 Å². The topological polar surface area (TPSA) is 163 Å². The summed E-state index contributed by atoms with van der Waals surface area (Å²) in [7, 11) is 0. The van der Waals surface area contributed by atoms with E-state index in [0.29, 0.717) is 0 Å². The van der Waals surface area contributed by atoms with Crippen molar-refractivity contribution in [3.63, 3.8) is 0 Å². The van der Waals surface area contributed by atoms with E-state index in [-0.39, 0.29) is 41.5 Å². The van der Waals surface area contributed by atoms with Gasteiger partial charge in [-0.05, 0) is 6.42 Å². The molecule has 160 valence electrons. The largest absolute Gasteiger partial charge is 0.545 e. The van der Waals surface area contributed by atoms with E-state index >= 15 is 0 Å². The zero-order chi connectivity index (χ0) is 22.6. The van der Waals surface area contributed by atoms with Crippen LogP contribution in [-0.2, 0) is 9.59 Å². The van der Waals surface area contributed by atoms with Gasteiger partial charge in [-0.1, -0.05) is 48.5 Å². The number of rotatable bonds is 10. The lowest BCUT2D eigenvalue weighted by Gasteiger charge is -2.06. The summed E-state index contributed by atoms with van der Waals surface area (Å²) in [4.78, 5) is 45.5. The number of nitrogens with zero attached hydrogens (tertiary/aromatic N) is 2. The first kappa shape index (κ1) is 22.9. The van der Waals surface area contributed by atoms with Gasteiger partial charge in [0.05, 0.1) is 24.4 Å². The van der Waals surface area contributed by atoms with Crippen molar-refractivity contribution in [2.24, 2.45) is 10.2 Å². The van der Waals surface area contributed by atoms with E-state index in [4.69, 9.17) is 0 Å². The molecule has 0 aliphatic carbocycles. The first-order valence-electron chi connectivity index (χ1n) is 9.13. The van der Waals surface area contributed by atoms with E-state index in [1.54, 1.807) is 12.1 Å². The lowest BCUT2D eigenvalue weighted by molar-refractivity contribution is -0.256. The lowest BCUT2D eigenvalue weighted by Crippen LogP contribution is -2.24. The number of carboxylic acids is 2. The number of hydrogen-bond acceptors (Lipinski definition) is 8. The first-order chi connectivity index (χ1) is 14.9. The van der Waals surface area contributed by atoms with Crippen molar-refractivity contribution < 1.29 is 29.4 Å². The average molecular weight is 422 g/mol. The number of hydrazone groups is 2. The molecule has 0 radical (unpaired) electrons. The molecule has 0 spiro atoms. The Morgan fingerprint density at radius 3 is 1.48 bits per heavy atom. The van der Waals surface area contributed by atoms with Crippen molar-refractivity contribution in [2.45, 2.75) is 19.3 Å². The van der Waals surface area contributed by atoms with Crippen molar-refractivity contribution in [1.82, 2.24) is 10.9 Å². The Bertz CT molecular complexity index is 951. The molecule has 0 aliphatic rings. The standard InChI is InChI=1S/C21H20N4O6/c26-18(24-22-12-14-6-1-3-8-16(14)20(28)29)10-5-11-19(27)25-23-13-15-7-2-4-9-17(15)21(30)31/h1-4,6-9,12-13H,5,10-11H2,(H,24,26)(H,25,27)(H,28,29)(H,30,31)/p-2/b22-12-,23-13?. The molecule has 0 bridgehead atoms. The summed E-state index contributed by atoms with van der Waals surface area (Å²) in [6.45, 7) is 0. The van der Waals surface area contributed by atoms with E-state index < -0.39 is 23.8 Å². The van der Waals surface area contributed by atoms with Crippen LogP contribution in [0.4, 0.5) is 0 Å². The summed E-state index contributed by atoms with van der Waals surface area (Å²) >= 11 is 0. The highest BCUT2D eigenvalue weighted by molar-refractivity contribution is 5.98. The highest BCUT2D eigenvalue weighted by Crippen LogP contribution is 2.05. The van der Waals surface area contributed by atoms with Gasteiger partial charge in [0.25, 0.3) is 0 Å². The number of carbonyl (C=O) groups excluding carboxylic acids is 4. The van der Waals surface area contributed by atoms with Crippen LogP contribution in [0.25, 0.3) is 0 Å². The van der Waals surface area contributed by atoms with E-state index in [2.05, 4.69) is 21.1 Å². The predicted octanol–water partition coefficient (Wildman–Crippen LogP) is -0.816. The summed E-state index contributed by atoms with van der Waals surface area (Å²) in [5.74, 6) is -3.63. The molecule has 0 fully saturated rings. The molecule has 10 nitrogen and oxygen atoms in total. The molecule has 0 atom stereocenters. The van der Waals surface area contributed by atoms with Crippen LogP contribution in [0.2, 0.25) is 0 Å². The van der Waals surface area contributed by atoms with Gasteiger partial charge >= 0.3 is 0 Å². The normalized spacial score (nSPS) is 10.8. The fourth-order valence-corrected chi connectivity index (χ4v) is 2.46. The second-order valence-corrected chi connectivity index (χ2v) is 6.19. The Kier molecular flexibility index (Phi) is 8.59. The molecule has 0 aliphatic heterocycles. The van der Waals surface area contributed by atoms with Crippen molar-refractivity contribution in [3.05, 3.63) is 70.8 Å². The Hall–Kier alpha value is -4.34. The molecule has 0 heterocycles. The zero-order valence-corrected chi connectivity index (χ0v) is 16.2. The highest BCUT2D eigenvalue weighted by Gasteiger charge is 2.05. The third-order valence-corrected chi connectivity index (χ3v) is 3.95. The third kappa shape index (κ3) is 7.54. The maximum absolute atomic E-state index is 11.8. The average Bonchev–Trinajstić information content (AvgIpc) is 2.74. The van der Waals surface area contributed by atoms with Crippen LogP contribution in [0, 0.1) is 0 Å². The molecule has 2 aromatic rings. The van der Waals surface area contributed by atoms with Gasteiger partial charge in [-0.3, -0.25) is 9.59 Å². The number of amides is 2. The Morgan fingerprint density at radius 1 is 0.710 bits per heavy atom. The fraction of sp³-hybridized carbons (Fsp3) is 0.143. The zero-order valence-electron chi connectivity index (χ0n) is 16.2. The third-order valence-electron chi connectivity index (χ3n) is 3.95. The monoisotopic (exact) mass is 422 g/mol. The van der Waals surface area contributed by atoms with Gasteiger partial charge in [0.1, 0.15) is 0 Å². The molecule has 0 aromatic heterocycles. The van der Waals surface area contributed by atoms with Crippen LogP contribution >= 0.6 is 0 Å². The second-order valence-electron chi connectivity index (χ2n) is 6.19. The van der Waals surface area contributed by atoms with Gasteiger partial charge < -0.3 is 19.8 Å². The molecule has 0 saturated carbocycles. The smallest absolute Gasteiger partial charge is 0.240 e. The Labute approximate surface area is 177 Å². The van der Waals surface area contributed by atoms with E-state index in [0.717, 1.165) is 0 Å². The van der Waals surface area contributed by atoms with Crippen LogP contribution in [0.3, 0.4) is 0 Å². The van der Waals surface area contributed by atoms with Crippen LogP contribution in [0.1, 0.15) is 51.1 Å². The summed E-state index contributed by atoms with van der Waals surface area (Å²) in [5.41, 5.74) is 4.94. The maximum Gasteiger partial charge on any atom is 0.240 e. The fourth-order valence-electron chi connectivity index (χ4n) is 2.46. The van der Waals surface area contributed by atoms with Crippen LogP contribution in [0.5, 0.6) is 0 Å². The van der Waals surface area contributed by atoms with Crippen LogP contribution in [0.15, 0.2) is 58.7 Å². The molecule has 2 aromatic carbocycles. The SMILES string of the molecule is O=C(CCCC(=O)N/N=C\c1ccccc1C(=O)[O-])NN=Cc1ccccc1C(=O)[O-]. The van der Waals surface area contributed by atoms with Crippen molar-refractivity contribution in [1.29, 1.82) is 0 Å². The van der Waals surface area contributed by atoms with Crippen molar-refractivity contribution in [2.75, 3.05) is 0 Å². The number of carboxylic acid groups (broad SMARTS) is 2. The molecular formula is C21H18N4O6-2. The molecule has 0 saturated heterocycles. The predicted molar refractivity (Wildman–Crippen MR) is 107 cm³/mol. The first-order valence-corrected chi connectivity index (χ1v) is 9.13. The summed E-state index contributed by atoms with van der Waals surface area (Å²) in [5, 5.41) is 29.4. The van der Waals surface area contributed by atoms with Gasteiger partial charge in [-0.2, -0.15) is 10.2 Å². The minimum atomic E-state index is -1.36. The summed E-state index contributed by atoms with van der Waals surface area (Å²) in [6.07, 6.45) is 2.60. The van der Waals surface area contributed by atoms with Gasteiger partial charge in [0.15, 0.2) is 0 Å². The highest BCUT2D eigenvalue weighted by atomic mass is 16.4. The molecule has 2 N–H and O–H groups in total. The maximum atomic E-state index is 11.8. The summed E-state index contributed by atoms with van der Waals surface area (Å²) < 4.78 is 0. The number of carbonyl (C=O) groups is 4. The number of nitrogens with one attached hydrogen (secondary N) is 2. The number of hydrogen-bond donors (Lipinski definition) is 2. The van der Waals surface area contributed by atoms with E-state index in [1.165, 1.54) is 48.8 Å². The van der Waals surface area contributed by atoms with Gasteiger partial charge in [-0.25, -0.2) is 10.9 Å². The molecule has 2 amide bonds. The molecule has 31 heavy (non-hydrogen) atoms. The van der Waals surface area contributed by atoms with Crippen LogP contribution in [-0.4, -0.2) is 36.2 Å².